The van der Waals surface area contributed by atoms with Crippen LogP contribution in [0.25, 0.3) is 11.2 Å². The van der Waals surface area contributed by atoms with Crippen molar-refractivity contribution in [1.82, 2.24) is 15.0 Å². The number of benzene rings is 2. The summed E-state index contributed by atoms with van der Waals surface area (Å²) in [5.41, 5.74) is 0.219. The molecule has 2 heterocycles. The monoisotopic (exact) mass is 430 g/mol. The molecule has 2 aromatic heterocycles. The second-order valence-electron chi connectivity index (χ2n) is 6.24. The van der Waals surface area contributed by atoms with Gasteiger partial charge in [0.25, 0.3) is 5.91 Å². The summed E-state index contributed by atoms with van der Waals surface area (Å²) in [6.45, 7) is 0. The first-order valence-electron chi connectivity index (χ1n) is 8.79. The predicted octanol–water partition coefficient (Wildman–Crippen LogP) is 4.19. The van der Waals surface area contributed by atoms with Gasteiger partial charge in [0.15, 0.2) is 11.4 Å². The number of fused-ring (bicyclic) bond motifs is 1. The van der Waals surface area contributed by atoms with E-state index in [1.807, 2.05) is 0 Å². The number of nitrogens with one attached hydrogen (secondary N) is 3. The topological polar surface area (TPSA) is 109 Å². The zero-order chi connectivity index (χ0) is 22.0. The molecule has 3 N–H and O–H groups in total. The number of hydrogen-bond acceptors (Lipinski definition) is 5. The molecule has 158 valence electrons. The van der Waals surface area contributed by atoms with Crippen molar-refractivity contribution in [1.29, 1.82) is 0 Å². The van der Waals surface area contributed by atoms with Gasteiger partial charge in [0.1, 0.15) is 17.0 Å². The van der Waals surface area contributed by atoms with E-state index in [1.165, 1.54) is 36.5 Å². The average Bonchev–Trinajstić information content (AvgIpc) is 3.09. The van der Waals surface area contributed by atoms with E-state index in [-0.39, 0.29) is 11.3 Å². The maximum Gasteiger partial charge on any atom is 0.573 e. The van der Waals surface area contributed by atoms with Crippen LogP contribution in [0.3, 0.4) is 0 Å². The van der Waals surface area contributed by atoms with Gasteiger partial charge in [0.2, 0.25) is 0 Å². The van der Waals surface area contributed by atoms with E-state index in [1.54, 1.807) is 18.2 Å². The highest BCUT2D eigenvalue weighted by Gasteiger charge is 2.32. The van der Waals surface area contributed by atoms with Crippen molar-refractivity contribution in [2.75, 3.05) is 5.32 Å². The van der Waals surface area contributed by atoms with Gasteiger partial charge in [-0.25, -0.2) is 9.78 Å². The second-order valence-corrected chi connectivity index (χ2v) is 6.24. The van der Waals surface area contributed by atoms with Crippen molar-refractivity contribution in [2.45, 2.75) is 6.36 Å². The Morgan fingerprint density at radius 3 is 2.61 bits per heavy atom. The summed E-state index contributed by atoms with van der Waals surface area (Å²) >= 11 is 0. The molecule has 0 aliphatic rings. The van der Waals surface area contributed by atoms with Crippen LogP contribution in [0.5, 0.6) is 17.2 Å². The maximum absolute atomic E-state index is 12.6. The molecule has 1 amide bonds. The van der Waals surface area contributed by atoms with Crippen LogP contribution in [-0.4, -0.2) is 27.2 Å². The van der Waals surface area contributed by atoms with Gasteiger partial charge < -0.3 is 19.8 Å². The molecule has 4 aromatic rings. The van der Waals surface area contributed by atoms with E-state index >= 15 is 0 Å². The first-order valence-corrected chi connectivity index (χ1v) is 8.79. The SMILES string of the molecule is O=C(Nc1cccc(Oc2ccnc3[nH]c(=O)[nH]c23)c1)c1ccccc1OC(F)(F)F. The number of aromatic nitrogens is 3. The second kappa shape index (κ2) is 7.86. The number of alkyl halides is 3. The number of rotatable bonds is 5. The number of aromatic amines is 2. The predicted molar refractivity (Wildman–Crippen MR) is 104 cm³/mol. The normalized spacial score (nSPS) is 11.3. The molecule has 2 aromatic carbocycles. The minimum Gasteiger partial charge on any atom is -0.455 e. The first kappa shape index (κ1) is 20.0. The maximum atomic E-state index is 12.6. The van der Waals surface area contributed by atoms with E-state index in [9.17, 15) is 22.8 Å². The molecule has 31 heavy (non-hydrogen) atoms. The van der Waals surface area contributed by atoms with Crippen molar-refractivity contribution in [2.24, 2.45) is 0 Å². The molecule has 11 heteroatoms. The Hall–Kier alpha value is -4.28. The van der Waals surface area contributed by atoms with E-state index in [0.29, 0.717) is 22.7 Å². The number of H-pyrrole nitrogens is 2. The number of carbonyl (C=O) groups excluding carboxylic acids is 1. The summed E-state index contributed by atoms with van der Waals surface area (Å²) < 4.78 is 47.4. The standard InChI is InChI=1S/C20H13F3N4O4/c21-20(22,23)31-14-7-2-1-6-13(14)18(28)25-11-4-3-5-12(10-11)30-15-8-9-24-17-16(15)26-19(29)27-17/h1-10H,(H,25,28)(H2,24,26,27,29). The molecule has 4 rings (SSSR count). The molecule has 8 nitrogen and oxygen atoms in total. The van der Waals surface area contributed by atoms with Crippen molar-refractivity contribution in [3.05, 3.63) is 76.8 Å². The highest BCUT2D eigenvalue weighted by molar-refractivity contribution is 6.06. The third-order valence-corrected chi connectivity index (χ3v) is 4.06. The fourth-order valence-corrected chi connectivity index (χ4v) is 2.83. The Kier molecular flexibility index (Phi) is 5.07. The van der Waals surface area contributed by atoms with E-state index in [4.69, 9.17) is 4.74 Å². The smallest absolute Gasteiger partial charge is 0.455 e. The van der Waals surface area contributed by atoms with Crippen molar-refractivity contribution >= 4 is 22.8 Å². The number of amides is 1. The fourth-order valence-electron chi connectivity index (χ4n) is 2.83. The lowest BCUT2D eigenvalue weighted by Gasteiger charge is -2.13. The molecule has 0 aliphatic heterocycles. The van der Waals surface area contributed by atoms with Crippen molar-refractivity contribution in [3.63, 3.8) is 0 Å². The quantitative estimate of drug-likeness (QED) is 0.440. The number of hydrogen-bond donors (Lipinski definition) is 3. The summed E-state index contributed by atoms with van der Waals surface area (Å²) in [5, 5.41) is 2.51. The largest absolute Gasteiger partial charge is 0.573 e. The Morgan fingerprint density at radius 2 is 1.81 bits per heavy atom. The fraction of sp³-hybridized carbons (Fsp3) is 0.0500. The van der Waals surface area contributed by atoms with Crippen LogP contribution < -0.4 is 20.5 Å². The summed E-state index contributed by atoms with van der Waals surface area (Å²) in [4.78, 5) is 33.1. The number of pyridine rings is 1. The van der Waals surface area contributed by atoms with Crippen LogP contribution in [0, 0.1) is 0 Å². The van der Waals surface area contributed by atoms with Gasteiger partial charge in [0, 0.05) is 24.0 Å². The zero-order valence-electron chi connectivity index (χ0n) is 15.5. The minimum absolute atomic E-state index is 0.275. The molecular weight excluding hydrogens is 417 g/mol. The van der Waals surface area contributed by atoms with E-state index < -0.39 is 23.7 Å². The average molecular weight is 430 g/mol. The number of carbonyl (C=O) groups is 1. The van der Waals surface area contributed by atoms with Gasteiger partial charge in [-0.05, 0) is 24.3 Å². The van der Waals surface area contributed by atoms with E-state index in [0.717, 1.165) is 6.07 Å². The Bertz CT molecular complexity index is 1310. The number of imidazole rings is 1. The summed E-state index contributed by atoms with van der Waals surface area (Å²) in [6, 6.07) is 12.8. The Morgan fingerprint density at radius 1 is 1.00 bits per heavy atom. The molecule has 0 unspecified atom stereocenters. The molecule has 0 radical (unpaired) electrons. The van der Waals surface area contributed by atoms with Crippen LogP contribution >= 0.6 is 0 Å². The summed E-state index contributed by atoms with van der Waals surface area (Å²) in [6.07, 6.45) is -3.48. The summed E-state index contributed by atoms with van der Waals surface area (Å²) in [5.74, 6) is -0.781. The number of ether oxygens (including phenoxy) is 2. The zero-order valence-corrected chi connectivity index (χ0v) is 15.5. The molecule has 0 atom stereocenters. The summed E-state index contributed by atoms with van der Waals surface area (Å²) in [7, 11) is 0. The first-order chi connectivity index (χ1) is 14.8. The molecule has 0 spiro atoms. The van der Waals surface area contributed by atoms with Crippen LogP contribution in [0.15, 0.2) is 65.6 Å². The molecule has 0 saturated carbocycles. The number of nitrogens with zero attached hydrogens (tertiary/aromatic N) is 1. The van der Waals surface area contributed by atoms with Crippen molar-refractivity contribution in [3.8, 4) is 17.2 Å². The highest BCUT2D eigenvalue weighted by atomic mass is 19.4. The Labute approximate surface area is 171 Å². The van der Waals surface area contributed by atoms with Gasteiger partial charge in [-0.15, -0.1) is 13.2 Å². The number of halogens is 3. The molecular formula is C20H13F3N4O4. The molecule has 0 saturated heterocycles. The number of para-hydroxylation sites is 1. The van der Waals surface area contributed by atoms with Gasteiger partial charge in [-0.3, -0.25) is 9.78 Å². The van der Waals surface area contributed by atoms with Gasteiger partial charge in [-0.2, -0.15) is 0 Å². The lowest BCUT2D eigenvalue weighted by molar-refractivity contribution is -0.274. The minimum atomic E-state index is -4.93. The van der Waals surface area contributed by atoms with Crippen LogP contribution in [-0.2, 0) is 0 Å². The highest BCUT2D eigenvalue weighted by Crippen LogP contribution is 2.29. The lowest BCUT2D eigenvalue weighted by atomic mass is 10.2. The lowest BCUT2D eigenvalue weighted by Crippen LogP contribution is -2.20. The molecule has 0 fully saturated rings. The molecule has 0 bridgehead atoms. The van der Waals surface area contributed by atoms with Crippen molar-refractivity contribution < 1.29 is 27.4 Å². The van der Waals surface area contributed by atoms with Crippen LogP contribution in [0.4, 0.5) is 18.9 Å². The van der Waals surface area contributed by atoms with Crippen LogP contribution in [0.1, 0.15) is 10.4 Å². The third-order valence-electron chi connectivity index (χ3n) is 4.06. The number of anilines is 1. The van der Waals surface area contributed by atoms with Gasteiger partial charge in [0.05, 0.1) is 5.56 Å². The Balaban J connectivity index is 1.56. The molecule has 0 aliphatic carbocycles. The third kappa shape index (κ3) is 4.66. The van der Waals surface area contributed by atoms with Crippen LogP contribution in [0.2, 0.25) is 0 Å². The van der Waals surface area contributed by atoms with E-state index in [2.05, 4.69) is 25.0 Å². The van der Waals surface area contributed by atoms with Gasteiger partial charge >= 0.3 is 12.1 Å². The van der Waals surface area contributed by atoms with Gasteiger partial charge in [-0.1, -0.05) is 18.2 Å².